The van der Waals surface area contributed by atoms with E-state index in [0.29, 0.717) is 19.4 Å². The first kappa shape index (κ1) is 13.3. The number of nitrogens with zero attached hydrogens (tertiary/aromatic N) is 1. The average Bonchev–Trinajstić information content (AvgIpc) is 2.76. The van der Waals surface area contributed by atoms with Crippen molar-refractivity contribution in [2.24, 2.45) is 0 Å². The van der Waals surface area contributed by atoms with Crippen molar-refractivity contribution in [3.63, 3.8) is 0 Å². The maximum absolute atomic E-state index is 11.7. The second-order valence-corrected chi connectivity index (χ2v) is 4.99. The standard InChI is InChI=1S/C12H21N3O3/c1-15-6-7-18-9(8-15)4-5-13-12(17)10-2-3-11(16)14-10/h9-10H,2-8H2,1H3,(H,13,17)(H,14,16). The summed E-state index contributed by atoms with van der Waals surface area (Å²) < 4.78 is 5.61. The van der Waals surface area contributed by atoms with Gasteiger partial charge in [-0.15, -0.1) is 0 Å². The Kier molecular flexibility index (Phi) is 4.54. The van der Waals surface area contributed by atoms with Crippen LogP contribution in [0, 0.1) is 0 Å². The number of morpholine rings is 1. The summed E-state index contributed by atoms with van der Waals surface area (Å²) in [6, 6.07) is -0.340. The van der Waals surface area contributed by atoms with Crippen molar-refractivity contribution in [2.45, 2.75) is 31.4 Å². The van der Waals surface area contributed by atoms with Crippen molar-refractivity contribution in [3.8, 4) is 0 Å². The number of ether oxygens (including phenoxy) is 1. The largest absolute Gasteiger partial charge is 0.375 e. The fraction of sp³-hybridized carbons (Fsp3) is 0.833. The SMILES string of the molecule is CN1CCOC(CCNC(=O)C2CCC(=O)N2)C1. The first-order chi connectivity index (χ1) is 8.65. The summed E-state index contributed by atoms with van der Waals surface area (Å²) >= 11 is 0. The summed E-state index contributed by atoms with van der Waals surface area (Å²) in [5.41, 5.74) is 0. The van der Waals surface area contributed by atoms with Crippen molar-refractivity contribution in [1.29, 1.82) is 0 Å². The molecule has 6 heteroatoms. The van der Waals surface area contributed by atoms with Crippen molar-refractivity contribution in [3.05, 3.63) is 0 Å². The summed E-state index contributed by atoms with van der Waals surface area (Å²) in [5.74, 6) is -0.114. The van der Waals surface area contributed by atoms with Crippen LogP contribution in [0.5, 0.6) is 0 Å². The minimum Gasteiger partial charge on any atom is -0.375 e. The molecule has 2 saturated heterocycles. The number of carbonyl (C=O) groups excluding carboxylic acids is 2. The molecule has 0 saturated carbocycles. The first-order valence-corrected chi connectivity index (χ1v) is 6.52. The number of hydrogen-bond acceptors (Lipinski definition) is 4. The normalized spacial score (nSPS) is 29.1. The van der Waals surface area contributed by atoms with Crippen molar-refractivity contribution in [1.82, 2.24) is 15.5 Å². The van der Waals surface area contributed by atoms with E-state index in [2.05, 4.69) is 22.6 Å². The minimum atomic E-state index is -0.340. The van der Waals surface area contributed by atoms with Crippen LogP contribution in [0.2, 0.25) is 0 Å². The van der Waals surface area contributed by atoms with Gasteiger partial charge in [0.15, 0.2) is 0 Å². The zero-order valence-corrected chi connectivity index (χ0v) is 10.8. The number of carbonyl (C=O) groups is 2. The van der Waals surface area contributed by atoms with Gasteiger partial charge < -0.3 is 20.3 Å². The van der Waals surface area contributed by atoms with Gasteiger partial charge in [0.2, 0.25) is 11.8 Å². The zero-order valence-electron chi connectivity index (χ0n) is 10.8. The Labute approximate surface area is 107 Å². The summed E-state index contributed by atoms with van der Waals surface area (Å²) in [6.07, 6.45) is 2.07. The molecule has 2 aliphatic heterocycles. The highest BCUT2D eigenvalue weighted by atomic mass is 16.5. The predicted octanol–water partition coefficient (Wildman–Crippen LogP) is -0.898. The highest BCUT2D eigenvalue weighted by molar-refractivity contribution is 5.90. The van der Waals surface area contributed by atoms with Gasteiger partial charge in [0.1, 0.15) is 6.04 Å². The van der Waals surface area contributed by atoms with Gasteiger partial charge in [-0.05, 0) is 19.9 Å². The Hall–Kier alpha value is -1.14. The quantitative estimate of drug-likeness (QED) is 0.683. The molecule has 2 amide bonds. The number of likely N-dealkylation sites (N-methyl/N-ethyl adjacent to an activating group) is 1. The van der Waals surface area contributed by atoms with Gasteiger partial charge in [-0.1, -0.05) is 0 Å². The molecule has 0 aromatic carbocycles. The Balaban J connectivity index is 1.62. The fourth-order valence-electron chi connectivity index (χ4n) is 2.33. The molecule has 2 unspecified atom stereocenters. The summed E-state index contributed by atoms with van der Waals surface area (Å²) in [5, 5.41) is 5.51. The Morgan fingerprint density at radius 3 is 3.11 bits per heavy atom. The lowest BCUT2D eigenvalue weighted by atomic mass is 10.2. The van der Waals surface area contributed by atoms with Crippen LogP contribution in [0.3, 0.4) is 0 Å². The fourth-order valence-corrected chi connectivity index (χ4v) is 2.33. The first-order valence-electron chi connectivity index (χ1n) is 6.52. The topological polar surface area (TPSA) is 70.7 Å². The van der Waals surface area contributed by atoms with Gasteiger partial charge >= 0.3 is 0 Å². The Morgan fingerprint density at radius 2 is 2.44 bits per heavy atom. The molecular weight excluding hydrogens is 234 g/mol. The molecule has 0 bridgehead atoms. The lowest BCUT2D eigenvalue weighted by Gasteiger charge is -2.30. The molecule has 2 aliphatic rings. The number of nitrogens with one attached hydrogen (secondary N) is 2. The molecule has 2 atom stereocenters. The smallest absolute Gasteiger partial charge is 0.242 e. The van der Waals surface area contributed by atoms with E-state index >= 15 is 0 Å². The zero-order chi connectivity index (χ0) is 13.0. The van der Waals surface area contributed by atoms with Gasteiger partial charge in [-0.3, -0.25) is 9.59 Å². The van der Waals surface area contributed by atoms with Crippen LogP contribution in [0.15, 0.2) is 0 Å². The lowest BCUT2D eigenvalue weighted by molar-refractivity contribution is -0.125. The highest BCUT2D eigenvalue weighted by Gasteiger charge is 2.27. The van der Waals surface area contributed by atoms with E-state index in [1.165, 1.54) is 0 Å². The summed E-state index contributed by atoms with van der Waals surface area (Å²) in [6.45, 7) is 3.24. The maximum Gasteiger partial charge on any atom is 0.242 e. The van der Waals surface area contributed by atoms with E-state index in [1.54, 1.807) is 0 Å². The second kappa shape index (κ2) is 6.15. The molecule has 2 N–H and O–H groups in total. The van der Waals surface area contributed by atoms with Gasteiger partial charge in [0, 0.05) is 26.1 Å². The molecule has 2 rings (SSSR count). The van der Waals surface area contributed by atoms with E-state index in [1.807, 2.05) is 0 Å². The van der Waals surface area contributed by atoms with E-state index < -0.39 is 0 Å². The summed E-state index contributed by atoms with van der Waals surface area (Å²) in [7, 11) is 2.07. The molecule has 102 valence electrons. The average molecular weight is 255 g/mol. The molecule has 0 radical (unpaired) electrons. The van der Waals surface area contributed by atoms with Crippen LogP contribution in [0.4, 0.5) is 0 Å². The van der Waals surface area contributed by atoms with E-state index in [9.17, 15) is 9.59 Å². The van der Waals surface area contributed by atoms with E-state index in [0.717, 1.165) is 26.1 Å². The van der Waals surface area contributed by atoms with Crippen LogP contribution in [0.1, 0.15) is 19.3 Å². The monoisotopic (exact) mass is 255 g/mol. The highest BCUT2D eigenvalue weighted by Crippen LogP contribution is 2.08. The molecule has 2 fully saturated rings. The van der Waals surface area contributed by atoms with Gasteiger partial charge in [0.05, 0.1) is 12.7 Å². The van der Waals surface area contributed by atoms with Gasteiger partial charge in [-0.2, -0.15) is 0 Å². The third-order valence-electron chi connectivity index (χ3n) is 3.42. The number of amides is 2. The van der Waals surface area contributed by atoms with Crippen LogP contribution in [0.25, 0.3) is 0 Å². The molecule has 0 aromatic heterocycles. The molecule has 0 aliphatic carbocycles. The van der Waals surface area contributed by atoms with Crippen LogP contribution in [-0.2, 0) is 14.3 Å². The Morgan fingerprint density at radius 1 is 1.61 bits per heavy atom. The van der Waals surface area contributed by atoms with Crippen LogP contribution < -0.4 is 10.6 Å². The molecule has 18 heavy (non-hydrogen) atoms. The second-order valence-electron chi connectivity index (χ2n) is 4.99. The van der Waals surface area contributed by atoms with Crippen LogP contribution in [-0.4, -0.2) is 62.1 Å². The molecule has 2 heterocycles. The van der Waals surface area contributed by atoms with Gasteiger partial charge in [-0.25, -0.2) is 0 Å². The molecule has 0 aromatic rings. The van der Waals surface area contributed by atoms with Gasteiger partial charge in [0.25, 0.3) is 0 Å². The van der Waals surface area contributed by atoms with Crippen molar-refractivity contribution >= 4 is 11.8 Å². The van der Waals surface area contributed by atoms with Crippen molar-refractivity contribution < 1.29 is 14.3 Å². The number of rotatable bonds is 4. The molecule has 0 spiro atoms. The molecular formula is C12H21N3O3. The Bertz CT molecular complexity index is 322. The maximum atomic E-state index is 11.7. The number of hydrogen-bond donors (Lipinski definition) is 2. The lowest BCUT2D eigenvalue weighted by Crippen LogP contribution is -2.44. The third kappa shape index (κ3) is 3.68. The minimum absolute atomic E-state index is 0.0348. The summed E-state index contributed by atoms with van der Waals surface area (Å²) in [4.78, 5) is 24.9. The predicted molar refractivity (Wildman–Crippen MR) is 66.0 cm³/mol. The van der Waals surface area contributed by atoms with E-state index in [-0.39, 0.29) is 24.0 Å². The van der Waals surface area contributed by atoms with E-state index in [4.69, 9.17) is 4.74 Å². The van der Waals surface area contributed by atoms with Crippen LogP contribution >= 0.6 is 0 Å². The van der Waals surface area contributed by atoms with Crippen molar-refractivity contribution in [2.75, 3.05) is 33.3 Å². The molecule has 6 nitrogen and oxygen atoms in total. The third-order valence-corrected chi connectivity index (χ3v) is 3.42.